The summed E-state index contributed by atoms with van der Waals surface area (Å²) in [6.07, 6.45) is 1.83. The Labute approximate surface area is 179 Å². The molecule has 0 aromatic heterocycles. The van der Waals surface area contributed by atoms with Gasteiger partial charge in [-0.3, -0.25) is 4.79 Å². The molecule has 0 radical (unpaired) electrons. The number of carbonyl (C=O) groups excluding carboxylic acids is 1. The molecule has 3 rings (SSSR count). The summed E-state index contributed by atoms with van der Waals surface area (Å²) in [7, 11) is -3.59. The highest BCUT2D eigenvalue weighted by molar-refractivity contribution is 7.95. The predicted octanol–water partition coefficient (Wildman–Crippen LogP) is 4.70. The molecule has 2 aromatic rings. The second kappa shape index (κ2) is 9.94. The van der Waals surface area contributed by atoms with Gasteiger partial charge >= 0.3 is 5.97 Å². The Kier molecular flexibility index (Phi) is 7.32. The van der Waals surface area contributed by atoms with Crippen LogP contribution in [-0.2, 0) is 25.9 Å². The molecule has 0 saturated carbocycles. The molecule has 160 valence electrons. The average Bonchev–Trinajstić information content (AvgIpc) is 3.06. The average molecular weight is 428 g/mol. The van der Waals surface area contributed by atoms with Crippen LogP contribution in [-0.4, -0.2) is 31.9 Å². The lowest BCUT2D eigenvalue weighted by Crippen LogP contribution is -2.27. The van der Waals surface area contributed by atoms with E-state index in [0.717, 1.165) is 11.3 Å². The number of nitrogens with zero attached hydrogens (tertiary/aromatic N) is 1. The zero-order valence-electron chi connectivity index (χ0n) is 17.6. The van der Waals surface area contributed by atoms with E-state index in [1.165, 1.54) is 0 Å². The molecule has 0 amide bonds. The highest BCUT2D eigenvalue weighted by Crippen LogP contribution is 2.38. The molecule has 5 nitrogen and oxygen atoms in total. The molecule has 0 bridgehead atoms. The lowest BCUT2D eigenvalue weighted by Gasteiger charge is -2.28. The van der Waals surface area contributed by atoms with Crippen LogP contribution in [0.2, 0.25) is 0 Å². The highest BCUT2D eigenvalue weighted by Gasteiger charge is 2.36. The molecule has 0 spiro atoms. The molecule has 1 heterocycles. The second-order valence-corrected chi connectivity index (χ2v) is 9.48. The second-order valence-electron chi connectivity index (χ2n) is 7.51. The number of hydrogen-bond donors (Lipinski definition) is 0. The van der Waals surface area contributed by atoms with E-state index in [-0.39, 0.29) is 18.4 Å². The van der Waals surface area contributed by atoms with E-state index < -0.39 is 9.84 Å². The fraction of sp³-hybridized carbons (Fsp3) is 0.375. The number of esters is 1. The van der Waals surface area contributed by atoms with Crippen molar-refractivity contribution in [3.63, 3.8) is 0 Å². The van der Waals surface area contributed by atoms with Crippen LogP contribution in [0.1, 0.15) is 45.1 Å². The van der Waals surface area contributed by atoms with Gasteiger partial charge in [-0.05, 0) is 44.4 Å². The molecule has 1 unspecified atom stereocenters. The van der Waals surface area contributed by atoms with Crippen LogP contribution >= 0.6 is 0 Å². The van der Waals surface area contributed by atoms with Gasteiger partial charge in [0.15, 0.2) is 0 Å². The number of ether oxygens (including phenoxy) is 1. The smallest absolute Gasteiger partial charge is 0.305 e. The van der Waals surface area contributed by atoms with E-state index >= 15 is 0 Å². The molecule has 0 fully saturated rings. The number of benzene rings is 2. The molecule has 0 saturated heterocycles. The SMILES string of the molecule is CCOC(=O)CCCC1=C(S(=O)(=O)c2ccccc2)CC(C)N1Cc1ccccc1. The molecule has 0 N–H and O–H groups in total. The Morgan fingerprint density at radius 3 is 2.33 bits per heavy atom. The summed E-state index contributed by atoms with van der Waals surface area (Å²) in [4.78, 5) is 14.7. The van der Waals surface area contributed by atoms with Crippen LogP contribution in [0.25, 0.3) is 0 Å². The first-order valence-electron chi connectivity index (χ1n) is 10.4. The zero-order valence-corrected chi connectivity index (χ0v) is 18.4. The molecule has 2 aromatic carbocycles. The van der Waals surface area contributed by atoms with Crippen LogP contribution < -0.4 is 0 Å². The summed E-state index contributed by atoms with van der Waals surface area (Å²) in [5.41, 5.74) is 1.95. The Bertz CT molecular complexity index is 984. The van der Waals surface area contributed by atoms with E-state index in [0.29, 0.717) is 42.2 Å². The third-order valence-electron chi connectivity index (χ3n) is 5.35. The number of carbonyl (C=O) groups is 1. The van der Waals surface area contributed by atoms with Gasteiger partial charge in [0, 0.05) is 31.1 Å². The monoisotopic (exact) mass is 427 g/mol. The normalized spacial score (nSPS) is 16.7. The minimum Gasteiger partial charge on any atom is -0.466 e. The molecule has 1 aliphatic heterocycles. The van der Waals surface area contributed by atoms with Gasteiger partial charge in [0.2, 0.25) is 9.84 Å². The molecule has 1 atom stereocenters. The van der Waals surface area contributed by atoms with Crippen LogP contribution in [0, 0.1) is 0 Å². The summed E-state index contributed by atoms with van der Waals surface area (Å²) in [6.45, 7) is 4.84. The van der Waals surface area contributed by atoms with Crippen molar-refractivity contribution in [1.82, 2.24) is 4.90 Å². The summed E-state index contributed by atoms with van der Waals surface area (Å²) in [5, 5.41) is 0. The Balaban J connectivity index is 1.92. The Hall–Kier alpha value is -2.60. The van der Waals surface area contributed by atoms with E-state index in [1.54, 1.807) is 31.2 Å². The largest absolute Gasteiger partial charge is 0.466 e. The first-order chi connectivity index (χ1) is 14.4. The fourth-order valence-electron chi connectivity index (χ4n) is 3.88. The van der Waals surface area contributed by atoms with Crippen molar-refractivity contribution in [3.05, 3.63) is 76.8 Å². The maximum Gasteiger partial charge on any atom is 0.305 e. The van der Waals surface area contributed by atoms with E-state index in [2.05, 4.69) is 11.8 Å². The van der Waals surface area contributed by atoms with Gasteiger partial charge < -0.3 is 9.64 Å². The quantitative estimate of drug-likeness (QED) is 0.543. The first-order valence-corrected chi connectivity index (χ1v) is 11.9. The molecule has 1 aliphatic rings. The highest BCUT2D eigenvalue weighted by atomic mass is 32.2. The Morgan fingerprint density at radius 1 is 1.07 bits per heavy atom. The van der Waals surface area contributed by atoms with Gasteiger partial charge in [0.25, 0.3) is 0 Å². The van der Waals surface area contributed by atoms with Crippen molar-refractivity contribution in [2.75, 3.05) is 6.61 Å². The van der Waals surface area contributed by atoms with Crippen molar-refractivity contribution < 1.29 is 17.9 Å². The number of sulfone groups is 1. The third kappa shape index (κ3) is 5.11. The summed E-state index contributed by atoms with van der Waals surface area (Å²) >= 11 is 0. The van der Waals surface area contributed by atoms with Crippen molar-refractivity contribution in [1.29, 1.82) is 0 Å². The maximum absolute atomic E-state index is 13.4. The minimum atomic E-state index is -3.59. The topological polar surface area (TPSA) is 63.7 Å². The summed E-state index contributed by atoms with van der Waals surface area (Å²) in [5.74, 6) is -0.244. The van der Waals surface area contributed by atoms with Gasteiger partial charge in [0.05, 0.1) is 16.4 Å². The van der Waals surface area contributed by atoms with E-state index in [4.69, 9.17) is 4.74 Å². The Morgan fingerprint density at radius 2 is 1.70 bits per heavy atom. The third-order valence-corrected chi connectivity index (χ3v) is 7.30. The van der Waals surface area contributed by atoms with Gasteiger partial charge in [-0.2, -0.15) is 0 Å². The maximum atomic E-state index is 13.4. The number of rotatable bonds is 9. The first kappa shape index (κ1) is 22.1. The summed E-state index contributed by atoms with van der Waals surface area (Å²) in [6, 6.07) is 18.7. The standard InChI is InChI=1S/C24H29NO4S/c1-3-29-24(26)16-10-15-22-23(30(27,28)21-13-8-5-9-14-21)17-19(2)25(22)18-20-11-6-4-7-12-20/h4-9,11-14,19H,3,10,15-18H2,1-2H3. The molecular weight excluding hydrogens is 398 g/mol. The van der Waals surface area contributed by atoms with Crippen LogP contribution in [0.3, 0.4) is 0 Å². The van der Waals surface area contributed by atoms with Crippen molar-refractivity contribution in [2.45, 2.75) is 57.0 Å². The van der Waals surface area contributed by atoms with Crippen molar-refractivity contribution in [3.8, 4) is 0 Å². The molecular formula is C24H29NO4S. The van der Waals surface area contributed by atoms with Crippen molar-refractivity contribution >= 4 is 15.8 Å². The molecule has 0 aliphatic carbocycles. The predicted molar refractivity (Wildman–Crippen MR) is 117 cm³/mol. The lowest BCUT2D eigenvalue weighted by atomic mass is 10.1. The minimum absolute atomic E-state index is 0.0660. The number of hydrogen-bond acceptors (Lipinski definition) is 5. The van der Waals surface area contributed by atoms with Crippen LogP contribution in [0.4, 0.5) is 0 Å². The van der Waals surface area contributed by atoms with Gasteiger partial charge in [0.1, 0.15) is 0 Å². The number of allylic oxidation sites excluding steroid dienone is 1. The molecule has 30 heavy (non-hydrogen) atoms. The van der Waals surface area contributed by atoms with Gasteiger partial charge in [-0.25, -0.2) is 8.42 Å². The molecule has 6 heteroatoms. The van der Waals surface area contributed by atoms with Gasteiger partial charge in [-0.15, -0.1) is 0 Å². The lowest BCUT2D eigenvalue weighted by molar-refractivity contribution is -0.143. The summed E-state index contributed by atoms with van der Waals surface area (Å²) < 4.78 is 31.9. The van der Waals surface area contributed by atoms with E-state index in [9.17, 15) is 13.2 Å². The van der Waals surface area contributed by atoms with Crippen LogP contribution in [0.15, 0.2) is 76.2 Å². The zero-order chi connectivity index (χ0) is 21.6. The fourth-order valence-corrected chi connectivity index (χ4v) is 5.67. The van der Waals surface area contributed by atoms with Crippen LogP contribution in [0.5, 0.6) is 0 Å². The van der Waals surface area contributed by atoms with E-state index in [1.807, 2.05) is 36.4 Å². The van der Waals surface area contributed by atoms with Gasteiger partial charge in [-0.1, -0.05) is 48.5 Å². The van der Waals surface area contributed by atoms with Crippen molar-refractivity contribution in [2.24, 2.45) is 0 Å².